The van der Waals surface area contributed by atoms with Crippen molar-refractivity contribution < 1.29 is 0 Å². The summed E-state index contributed by atoms with van der Waals surface area (Å²) >= 11 is 3.27. The second-order valence-electron chi connectivity index (χ2n) is 2.54. The molecule has 0 unspecified atom stereocenters. The van der Waals surface area contributed by atoms with E-state index >= 15 is 0 Å². The lowest BCUT2D eigenvalue weighted by Gasteiger charge is -1.97. The number of nitrogens with two attached hydrogens (primary N) is 1. The molecule has 6 heteroatoms. The van der Waals surface area contributed by atoms with E-state index in [2.05, 4.69) is 10.2 Å². The van der Waals surface area contributed by atoms with Crippen molar-refractivity contribution in [2.75, 3.05) is 5.75 Å². The maximum absolute atomic E-state index is 7.02. The zero-order valence-corrected chi connectivity index (χ0v) is 8.83. The van der Waals surface area contributed by atoms with E-state index in [9.17, 15) is 0 Å². The average Bonchev–Trinajstić information content (AvgIpc) is 2.55. The number of hydrogen-bond donors (Lipinski definition) is 2. The summed E-state index contributed by atoms with van der Waals surface area (Å²) in [6, 6.07) is 0. The Kier molecular flexibility index (Phi) is 4.77. The van der Waals surface area contributed by atoms with Crippen LogP contribution >= 0.6 is 23.1 Å². The lowest BCUT2D eigenvalue weighted by atomic mass is 10.2. The molecule has 0 bridgehead atoms. The van der Waals surface area contributed by atoms with Gasteiger partial charge in [-0.3, -0.25) is 5.41 Å². The minimum absolute atomic E-state index is 0.279. The van der Waals surface area contributed by atoms with Crippen LogP contribution in [-0.4, -0.2) is 21.8 Å². The van der Waals surface area contributed by atoms with Crippen molar-refractivity contribution in [2.45, 2.75) is 23.6 Å². The molecule has 13 heavy (non-hydrogen) atoms. The van der Waals surface area contributed by atoms with E-state index in [1.807, 2.05) is 0 Å². The molecule has 1 heterocycles. The fourth-order valence-electron chi connectivity index (χ4n) is 0.803. The van der Waals surface area contributed by atoms with Gasteiger partial charge >= 0.3 is 0 Å². The number of hydrogen-bond acceptors (Lipinski definition) is 5. The molecule has 1 rings (SSSR count). The quantitative estimate of drug-likeness (QED) is 0.329. The van der Waals surface area contributed by atoms with E-state index in [1.54, 1.807) is 28.6 Å². The number of rotatable bonds is 6. The van der Waals surface area contributed by atoms with Gasteiger partial charge in [0.05, 0.1) is 5.84 Å². The molecule has 4 nitrogen and oxygen atoms in total. The minimum Gasteiger partial charge on any atom is -0.388 e. The van der Waals surface area contributed by atoms with Gasteiger partial charge in [-0.15, -0.1) is 10.2 Å². The molecule has 0 spiro atoms. The molecular weight excluding hydrogens is 204 g/mol. The van der Waals surface area contributed by atoms with Crippen LogP contribution in [0.1, 0.15) is 19.3 Å². The van der Waals surface area contributed by atoms with E-state index in [0.29, 0.717) is 6.42 Å². The van der Waals surface area contributed by atoms with Gasteiger partial charge in [0.15, 0.2) is 4.34 Å². The maximum Gasteiger partial charge on any atom is 0.174 e. The standard InChI is InChI=1S/C7H12N4S2/c8-6(9)3-1-2-4-12-7-11-10-5-13-7/h5H,1-4H2,(H3,8,9). The Morgan fingerprint density at radius 2 is 2.46 bits per heavy atom. The van der Waals surface area contributed by atoms with Crippen molar-refractivity contribution >= 4 is 28.9 Å². The molecule has 0 saturated carbocycles. The Balaban J connectivity index is 1.99. The van der Waals surface area contributed by atoms with E-state index in [-0.39, 0.29) is 5.84 Å². The maximum atomic E-state index is 7.02. The SMILES string of the molecule is N=C(N)CCCCSc1nncs1. The highest BCUT2D eigenvalue weighted by atomic mass is 32.2. The van der Waals surface area contributed by atoms with Crippen LogP contribution in [0.3, 0.4) is 0 Å². The van der Waals surface area contributed by atoms with Gasteiger partial charge in [-0.2, -0.15) is 0 Å². The van der Waals surface area contributed by atoms with Crippen molar-refractivity contribution in [2.24, 2.45) is 5.73 Å². The molecule has 3 N–H and O–H groups in total. The lowest BCUT2D eigenvalue weighted by Crippen LogP contribution is -2.08. The van der Waals surface area contributed by atoms with Crippen LogP contribution in [0.4, 0.5) is 0 Å². The summed E-state index contributed by atoms with van der Waals surface area (Å²) in [7, 11) is 0. The summed E-state index contributed by atoms with van der Waals surface area (Å²) in [5.74, 6) is 1.31. The molecule has 0 aliphatic heterocycles. The Labute approximate surface area is 85.5 Å². The van der Waals surface area contributed by atoms with Crippen LogP contribution in [0.25, 0.3) is 0 Å². The van der Waals surface area contributed by atoms with E-state index in [0.717, 1.165) is 22.9 Å². The van der Waals surface area contributed by atoms with Crippen molar-refractivity contribution in [1.29, 1.82) is 5.41 Å². The number of unbranched alkanes of at least 4 members (excludes halogenated alkanes) is 1. The van der Waals surface area contributed by atoms with Crippen LogP contribution in [0.15, 0.2) is 9.85 Å². The first-order chi connectivity index (χ1) is 6.29. The lowest BCUT2D eigenvalue weighted by molar-refractivity contribution is 0.836. The van der Waals surface area contributed by atoms with Crippen LogP contribution in [0.2, 0.25) is 0 Å². The van der Waals surface area contributed by atoms with Gasteiger partial charge in [-0.05, 0) is 12.8 Å². The Bertz CT molecular complexity index is 247. The number of aromatic nitrogens is 2. The van der Waals surface area contributed by atoms with E-state index in [4.69, 9.17) is 11.1 Å². The number of nitrogens with one attached hydrogen (secondary N) is 1. The van der Waals surface area contributed by atoms with Gasteiger partial charge in [-0.1, -0.05) is 23.1 Å². The number of thioether (sulfide) groups is 1. The Morgan fingerprint density at radius 1 is 1.62 bits per heavy atom. The highest BCUT2D eigenvalue weighted by Gasteiger charge is 1.97. The van der Waals surface area contributed by atoms with Crippen molar-refractivity contribution in [3.05, 3.63) is 5.51 Å². The molecule has 0 aliphatic carbocycles. The number of amidine groups is 1. The molecule has 72 valence electrons. The summed E-state index contributed by atoms with van der Waals surface area (Å²) in [6.45, 7) is 0. The predicted molar refractivity (Wildman–Crippen MR) is 56.4 cm³/mol. The number of nitrogens with zero attached hydrogens (tertiary/aromatic N) is 2. The first-order valence-electron chi connectivity index (χ1n) is 4.01. The Hall–Kier alpha value is -0.620. The molecule has 0 amide bonds. The van der Waals surface area contributed by atoms with Crippen LogP contribution in [0, 0.1) is 5.41 Å². The Morgan fingerprint density at radius 3 is 3.08 bits per heavy atom. The third-order valence-corrected chi connectivity index (χ3v) is 3.35. The van der Waals surface area contributed by atoms with Crippen molar-refractivity contribution in [3.63, 3.8) is 0 Å². The largest absolute Gasteiger partial charge is 0.388 e. The van der Waals surface area contributed by atoms with Crippen LogP contribution < -0.4 is 5.73 Å². The zero-order valence-electron chi connectivity index (χ0n) is 7.19. The molecule has 0 aliphatic rings. The topological polar surface area (TPSA) is 75.7 Å². The smallest absolute Gasteiger partial charge is 0.174 e. The highest BCUT2D eigenvalue weighted by molar-refractivity contribution is 8.00. The predicted octanol–water partition coefficient (Wildman–Crippen LogP) is 1.74. The molecule has 1 aromatic heterocycles. The van der Waals surface area contributed by atoms with E-state index < -0.39 is 0 Å². The van der Waals surface area contributed by atoms with Gasteiger partial charge in [0.2, 0.25) is 0 Å². The summed E-state index contributed by atoms with van der Waals surface area (Å²) in [5.41, 5.74) is 6.96. The molecule has 0 fully saturated rings. The summed E-state index contributed by atoms with van der Waals surface area (Å²) in [5, 5.41) is 14.7. The molecular formula is C7H12N4S2. The second-order valence-corrected chi connectivity index (χ2v) is 4.71. The second kappa shape index (κ2) is 5.93. The van der Waals surface area contributed by atoms with Crippen LogP contribution in [0.5, 0.6) is 0 Å². The van der Waals surface area contributed by atoms with Gasteiger partial charge < -0.3 is 5.73 Å². The third kappa shape index (κ3) is 4.84. The monoisotopic (exact) mass is 216 g/mol. The molecule has 0 aromatic carbocycles. The van der Waals surface area contributed by atoms with Crippen molar-refractivity contribution in [3.8, 4) is 0 Å². The van der Waals surface area contributed by atoms with Crippen LogP contribution in [-0.2, 0) is 0 Å². The third-order valence-electron chi connectivity index (χ3n) is 1.41. The van der Waals surface area contributed by atoms with Gasteiger partial charge in [-0.25, -0.2) is 0 Å². The normalized spacial score (nSPS) is 10.2. The summed E-state index contributed by atoms with van der Waals surface area (Å²) in [4.78, 5) is 0. The first kappa shape index (κ1) is 10.5. The molecule has 0 radical (unpaired) electrons. The molecule has 0 saturated heterocycles. The first-order valence-corrected chi connectivity index (χ1v) is 5.87. The molecule has 1 aromatic rings. The fraction of sp³-hybridized carbons (Fsp3) is 0.571. The zero-order chi connectivity index (χ0) is 9.52. The average molecular weight is 216 g/mol. The fourth-order valence-corrected chi connectivity index (χ4v) is 2.36. The van der Waals surface area contributed by atoms with Gasteiger partial charge in [0.25, 0.3) is 0 Å². The highest BCUT2D eigenvalue weighted by Crippen LogP contribution is 2.20. The summed E-state index contributed by atoms with van der Waals surface area (Å²) in [6.07, 6.45) is 2.77. The van der Waals surface area contributed by atoms with Gasteiger partial charge in [0, 0.05) is 12.2 Å². The van der Waals surface area contributed by atoms with E-state index in [1.165, 1.54) is 0 Å². The van der Waals surface area contributed by atoms with Crippen molar-refractivity contribution in [1.82, 2.24) is 10.2 Å². The summed E-state index contributed by atoms with van der Waals surface area (Å²) < 4.78 is 1.02. The molecule has 0 atom stereocenters. The van der Waals surface area contributed by atoms with Gasteiger partial charge in [0.1, 0.15) is 5.51 Å². The minimum atomic E-state index is 0.279.